The fourth-order valence-corrected chi connectivity index (χ4v) is 8.53. The third kappa shape index (κ3) is 12.8. The third-order valence-electron chi connectivity index (χ3n) is 10.7. The van der Waals surface area contributed by atoms with Crippen LogP contribution in [-0.2, 0) is 27.4 Å². The summed E-state index contributed by atoms with van der Waals surface area (Å²) in [6, 6.07) is 21.9. The van der Waals surface area contributed by atoms with E-state index in [1.54, 1.807) is 61.7 Å². The van der Waals surface area contributed by atoms with Crippen LogP contribution in [-0.4, -0.2) is 95.2 Å². The number of rotatable bonds is 8. The van der Waals surface area contributed by atoms with E-state index < -0.39 is 17.8 Å². The zero-order valence-electron chi connectivity index (χ0n) is 37.1. The molecule has 8 rings (SSSR count). The van der Waals surface area contributed by atoms with Crippen LogP contribution in [0.15, 0.2) is 94.2 Å². The monoisotopic (exact) mass is 1000 g/mol. The van der Waals surface area contributed by atoms with E-state index in [-0.39, 0.29) is 31.7 Å². The van der Waals surface area contributed by atoms with Crippen molar-refractivity contribution in [3.8, 4) is 0 Å². The van der Waals surface area contributed by atoms with Crippen LogP contribution in [0, 0.1) is 0 Å². The van der Waals surface area contributed by atoms with Gasteiger partial charge in [0.2, 0.25) is 0 Å². The molecule has 0 aliphatic carbocycles. The molecule has 14 nitrogen and oxygen atoms in total. The van der Waals surface area contributed by atoms with Gasteiger partial charge in [0.15, 0.2) is 0 Å². The molecule has 3 amide bonds. The SMILES string of the molecule is CN(C(=O)OCc1cc(Cl)cc(Cl)c1)c1coc2ccc(N3CCN(C(=O)OC(C)(C)C)CC3)cc12.CN(C(=O)OCc1cc(Cl)cc(Cl)c1)c1coc2ccc(N3CCNCC3)cc12.Cl. The van der Waals surface area contributed by atoms with Crippen molar-refractivity contribution in [3.63, 3.8) is 0 Å². The van der Waals surface area contributed by atoms with Gasteiger partial charge in [-0.15, -0.1) is 12.4 Å². The minimum atomic E-state index is -0.537. The Hall–Kier alpha value is -5.22. The number of carbonyl (C=O) groups excluding carboxylic acids is 3. The number of hydrogen-bond donors (Lipinski definition) is 1. The fourth-order valence-electron chi connectivity index (χ4n) is 7.39. The Labute approximate surface area is 409 Å². The van der Waals surface area contributed by atoms with Gasteiger partial charge < -0.3 is 43.1 Å². The average Bonchev–Trinajstić information content (AvgIpc) is 3.90. The van der Waals surface area contributed by atoms with E-state index >= 15 is 0 Å². The number of nitrogens with one attached hydrogen (secondary N) is 1. The number of ether oxygens (including phenoxy) is 3. The number of anilines is 4. The van der Waals surface area contributed by atoms with E-state index in [9.17, 15) is 14.4 Å². The normalized spacial score (nSPS) is 14.0. The smallest absolute Gasteiger partial charge is 0.414 e. The standard InChI is InChI=1S/C26H29Cl2N3O5.C21H21Cl2N3O3.ClH/c1-26(2,3)36-25(33)31-9-7-30(8-10-31)20-5-6-23-21(14-20)22(16-34-23)29(4)24(32)35-15-17-11-18(27)13-19(28)12-17;1-25(21(27)29-12-14-8-15(22)10-16(23)9-14)19-13-28-20-3-2-17(11-18(19)20)26-6-4-24-5-7-26;/h5-6,11-14,16H,7-10,15H2,1-4H3;2-3,8-11,13,24H,4-7,12H2,1H3;1H. The number of hydrogen-bond acceptors (Lipinski definition) is 11. The summed E-state index contributed by atoms with van der Waals surface area (Å²) < 4.78 is 27.7. The van der Waals surface area contributed by atoms with Crippen molar-refractivity contribution in [1.82, 2.24) is 10.2 Å². The van der Waals surface area contributed by atoms with Gasteiger partial charge in [0, 0.05) is 109 Å². The van der Waals surface area contributed by atoms with Gasteiger partial charge in [-0.2, -0.15) is 0 Å². The lowest BCUT2D eigenvalue weighted by atomic mass is 10.1. The third-order valence-corrected chi connectivity index (χ3v) is 11.6. The molecule has 2 aliphatic heterocycles. The number of halogens is 5. The lowest BCUT2D eigenvalue weighted by molar-refractivity contribution is 0.0240. The molecule has 352 valence electrons. The predicted molar refractivity (Wildman–Crippen MR) is 265 cm³/mol. The van der Waals surface area contributed by atoms with Gasteiger partial charge in [0.1, 0.15) is 42.5 Å². The highest BCUT2D eigenvalue weighted by molar-refractivity contribution is 6.35. The van der Waals surface area contributed by atoms with Crippen molar-refractivity contribution in [3.05, 3.63) is 117 Å². The molecule has 66 heavy (non-hydrogen) atoms. The van der Waals surface area contributed by atoms with Gasteiger partial charge in [-0.3, -0.25) is 9.80 Å². The lowest BCUT2D eigenvalue weighted by Gasteiger charge is -2.36. The molecule has 4 heterocycles. The molecular formula is C47H51Cl5N6O8. The first-order chi connectivity index (χ1) is 31.0. The Morgan fingerprint density at radius 2 is 1.03 bits per heavy atom. The fraction of sp³-hybridized carbons (Fsp3) is 0.340. The van der Waals surface area contributed by atoms with Gasteiger partial charge in [-0.05, 0) is 105 Å². The van der Waals surface area contributed by atoms with Crippen molar-refractivity contribution in [2.75, 3.05) is 86.1 Å². The highest BCUT2D eigenvalue weighted by Gasteiger charge is 2.27. The Morgan fingerprint density at radius 3 is 1.44 bits per heavy atom. The maximum Gasteiger partial charge on any atom is 0.414 e. The van der Waals surface area contributed by atoms with Gasteiger partial charge in [-0.1, -0.05) is 46.4 Å². The van der Waals surface area contributed by atoms with Gasteiger partial charge in [-0.25, -0.2) is 14.4 Å². The van der Waals surface area contributed by atoms with Gasteiger partial charge in [0.25, 0.3) is 0 Å². The molecular weight excluding hydrogens is 954 g/mol. The summed E-state index contributed by atoms with van der Waals surface area (Å²) in [4.78, 5) is 46.8. The number of fused-ring (bicyclic) bond motifs is 2. The highest BCUT2D eigenvalue weighted by atomic mass is 35.5. The zero-order valence-corrected chi connectivity index (χ0v) is 40.9. The van der Waals surface area contributed by atoms with Crippen LogP contribution in [0.1, 0.15) is 31.9 Å². The molecule has 19 heteroatoms. The summed E-state index contributed by atoms with van der Waals surface area (Å²) in [6.07, 6.45) is 1.78. The molecule has 0 bridgehead atoms. The number of benzene rings is 4. The summed E-state index contributed by atoms with van der Waals surface area (Å²) >= 11 is 24.0. The highest BCUT2D eigenvalue weighted by Crippen LogP contribution is 2.35. The molecule has 0 radical (unpaired) electrons. The van der Waals surface area contributed by atoms with E-state index in [2.05, 4.69) is 21.2 Å². The van der Waals surface area contributed by atoms with Crippen LogP contribution in [0.2, 0.25) is 20.1 Å². The second-order valence-corrected chi connectivity index (χ2v) is 18.3. The van der Waals surface area contributed by atoms with Crippen molar-refractivity contribution in [2.24, 2.45) is 0 Å². The summed E-state index contributed by atoms with van der Waals surface area (Å²) in [5, 5.41) is 6.95. The Bertz CT molecular complexity index is 2620. The Morgan fingerprint density at radius 1 is 0.621 bits per heavy atom. The van der Waals surface area contributed by atoms with Crippen molar-refractivity contribution >= 4 is 122 Å². The quantitative estimate of drug-likeness (QED) is 0.146. The molecule has 0 unspecified atom stereocenters. The summed E-state index contributed by atoms with van der Waals surface area (Å²) in [7, 11) is 3.29. The maximum atomic E-state index is 12.8. The first-order valence-electron chi connectivity index (χ1n) is 20.9. The lowest BCUT2D eigenvalue weighted by Crippen LogP contribution is -2.50. The zero-order chi connectivity index (χ0) is 46.4. The van der Waals surface area contributed by atoms with E-state index in [4.69, 9.17) is 69.4 Å². The number of amides is 3. The largest absolute Gasteiger partial charge is 0.462 e. The second-order valence-electron chi connectivity index (χ2n) is 16.6. The first kappa shape index (κ1) is 50.2. The summed E-state index contributed by atoms with van der Waals surface area (Å²) in [6.45, 7) is 11.9. The van der Waals surface area contributed by atoms with Crippen LogP contribution in [0.5, 0.6) is 0 Å². The van der Waals surface area contributed by atoms with Crippen LogP contribution in [0.3, 0.4) is 0 Å². The predicted octanol–water partition coefficient (Wildman–Crippen LogP) is 11.9. The molecule has 4 aromatic carbocycles. The molecule has 2 aromatic heterocycles. The van der Waals surface area contributed by atoms with Crippen molar-refractivity contribution in [1.29, 1.82) is 0 Å². The number of piperazine rings is 2. The molecule has 0 atom stereocenters. The molecule has 6 aromatic rings. The topological polar surface area (TPSA) is 133 Å². The number of furan rings is 2. The van der Waals surface area contributed by atoms with Gasteiger partial charge in [0.05, 0.1) is 11.4 Å². The van der Waals surface area contributed by atoms with Crippen molar-refractivity contribution < 1.29 is 37.4 Å². The molecule has 2 aliphatic rings. The van der Waals surface area contributed by atoms with Crippen LogP contribution < -0.4 is 24.9 Å². The maximum absolute atomic E-state index is 12.8. The molecule has 2 saturated heterocycles. The van der Waals surface area contributed by atoms with E-state index in [0.29, 0.717) is 68.8 Å². The minimum absolute atomic E-state index is 0. The average molecular weight is 1010 g/mol. The van der Waals surface area contributed by atoms with Crippen LogP contribution in [0.4, 0.5) is 37.1 Å². The van der Waals surface area contributed by atoms with E-state index in [1.165, 1.54) is 16.1 Å². The summed E-state index contributed by atoms with van der Waals surface area (Å²) in [5.41, 5.74) is 5.61. The van der Waals surface area contributed by atoms with E-state index in [1.807, 2.05) is 51.1 Å². The van der Waals surface area contributed by atoms with Crippen molar-refractivity contribution in [2.45, 2.75) is 39.6 Å². The molecule has 0 saturated carbocycles. The van der Waals surface area contributed by atoms with Crippen LogP contribution >= 0.6 is 58.8 Å². The summed E-state index contributed by atoms with van der Waals surface area (Å²) in [5.74, 6) is 0. The first-order valence-corrected chi connectivity index (χ1v) is 22.4. The Balaban J connectivity index is 0.000000220. The second kappa shape index (κ2) is 22.1. The van der Waals surface area contributed by atoms with E-state index in [0.717, 1.165) is 59.5 Å². The minimum Gasteiger partial charge on any atom is -0.462 e. The van der Waals surface area contributed by atoms with Crippen LogP contribution in [0.25, 0.3) is 21.9 Å². The van der Waals surface area contributed by atoms with Gasteiger partial charge >= 0.3 is 18.3 Å². The number of carbonyl (C=O) groups is 3. The molecule has 0 spiro atoms. The Kier molecular flexibility index (Phi) is 16.8. The number of nitrogens with zero attached hydrogens (tertiary/aromatic N) is 5. The molecule has 2 fully saturated rings. The molecule has 1 N–H and O–H groups in total.